The second kappa shape index (κ2) is 11.1. The smallest absolute Gasteiger partial charge is 0.325 e. The van der Waals surface area contributed by atoms with Crippen molar-refractivity contribution in [3.63, 3.8) is 0 Å². The molecule has 6 nitrogen and oxygen atoms in total. The Morgan fingerprint density at radius 3 is 2.47 bits per heavy atom. The van der Waals surface area contributed by atoms with E-state index in [2.05, 4.69) is 0 Å². The number of thiocarbonyl (C=S) groups is 1. The number of amides is 1. The van der Waals surface area contributed by atoms with Gasteiger partial charge in [0.25, 0.3) is 5.91 Å². The average Bonchev–Trinajstić information content (AvgIpc) is 3.09. The van der Waals surface area contributed by atoms with Crippen LogP contribution in [-0.2, 0) is 20.9 Å². The molecular weight excluding hydrogens is 526 g/mol. The number of nitrogens with zero attached hydrogens (tertiary/aromatic N) is 2. The summed E-state index contributed by atoms with van der Waals surface area (Å²) in [7, 11) is 1.25. The normalized spacial score (nSPS) is 14.5. The summed E-state index contributed by atoms with van der Waals surface area (Å²) in [4.78, 5) is 28.1. The van der Waals surface area contributed by atoms with Crippen LogP contribution in [0.25, 0.3) is 6.08 Å². The Morgan fingerprint density at radius 2 is 1.81 bits per heavy atom. The van der Waals surface area contributed by atoms with E-state index in [1.165, 1.54) is 23.0 Å². The van der Waals surface area contributed by atoms with Crippen molar-refractivity contribution in [2.24, 2.45) is 0 Å². The second-order valence-electron chi connectivity index (χ2n) is 7.66. The summed E-state index contributed by atoms with van der Waals surface area (Å²) in [6.45, 7) is -0.253. The average molecular weight is 545 g/mol. The fraction of sp³-hybridized carbons (Fsp3) is 0.115. The molecule has 0 spiro atoms. The van der Waals surface area contributed by atoms with Crippen LogP contribution in [0.15, 0.2) is 72.4 Å². The van der Waals surface area contributed by atoms with E-state index >= 15 is 0 Å². The van der Waals surface area contributed by atoms with Crippen molar-refractivity contribution in [1.82, 2.24) is 4.90 Å². The van der Waals surface area contributed by atoms with Crippen LogP contribution in [-0.4, -0.2) is 35.5 Å². The lowest BCUT2D eigenvalue weighted by Gasteiger charge is -2.19. The van der Waals surface area contributed by atoms with E-state index in [4.69, 9.17) is 44.9 Å². The molecule has 0 unspecified atom stereocenters. The number of anilines is 1. The van der Waals surface area contributed by atoms with Gasteiger partial charge in [0.1, 0.15) is 30.4 Å². The highest BCUT2D eigenvalue weighted by Gasteiger charge is 2.40. The molecule has 1 aliphatic rings. The van der Waals surface area contributed by atoms with Gasteiger partial charge in [-0.25, -0.2) is 4.39 Å². The van der Waals surface area contributed by atoms with Gasteiger partial charge in [-0.05, 0) is 66.3 Å². The van der Waals surface area contributed by atoms with Gasteiger partial charge in [-0.3, -0.25) is 14.5 Å². The first-order chi connectivity index (χ1) is 17.3. The maximum atomic E-state index is 13.9. The first-order valence-corrected chi connectivity index (χ1v) is 11.8. The monoisotopic (exact) mass is 544 g/mol. The molecule has 3 aromatic rings. The van der Waals surface area contributed by atoms with Gasteiger partial charge in [0, 0.05) is 10.6 Å². The molecule has 0 saturated carbocycles. The van der Waals surface area contributed by atoms with Gasteiger partial charge in [-0.15, -0.1) is 0 Å². The van der Waals surface area contributed by atoms with Crippen molar-refractivity contribution in [2.75, 3.05) is 18.6 Å². The molecule has 4 rings (SSSR count). The van der Waals surface area contributed by atoms with Gasteiger partial charge in [0.15, 0.2) is 5.11 Å². The molecular formula is C26H19Cl2FN2O4S. The Labute approximate surface area is 222 Å². The van der Waals surface area contributed by atoms with E-state index in [1.807, 2.05) is 0 Å². The molecule has 184 valence electrons. The number of hydrogen-bond donors (Lipinski definition) is 0. The fourth-order valence-electron chi connectivity index (χ4n) is 3.50. The second-order valence-corrected chi connectivity index (χ2v) is 8.87. The number of methoxy groups -OCH3 is 1. The molecule has 0 aromatic heterocycles. The topological polar surface area (TPSA) is 59.1 Å². The quantitative estimate of drug-likeness (QED) is 0.211. The molecule has 0 aliphatic carbocycles. The van der Waals surface area contributed by atoms with Crippen molar-refractivity contribution >= 4 is 64.2 Å². The maximum Gasteiger partial charge on any atom is 0.325 e. The van der Waals surface area contributed by atoms with Crippen molar-refractivity contribution in [3.8, 4) is 5.75 Å². The largest absolute Gasteiger partial charge is 0.487 e. The minimum Gasteiger partial charge on any atom is -0.487 e. The number of carbonyl (C=O) groups is 2. The molecule has 1 amide bonds. The first kappa shape index (κ1) is 25.6. The first-order valence-electron chi connectivity index (χ1n) is 10.6. The summed E-state index contributed by atoms with van der Waals surface area (Å²) < 4.78 is 24.3. The Morgan fingerprint density at radius 1 is 1.08 bits per heavy atom. The van der Waals surface area contributed by atoms with Crippen molar-refractivity contribution in [2.45, 2.75) is 6.61 Å². The molecule has 0 radical (unpaired) electrons. The van der Waals surface area contributed by atoms with Crippen LogP contribution in [0, 0.1) is 5.82 Å². The lowest BCUT2D eigenvalue weighted by atomic mass is 10.1. The van der Waals surface area contributed by atoms with Gasteiger partial charge in [0.2, 0.25) is 0 Å². The minimum atomic E-state index is -0.566. The molecule has 1 aliphatic heterocycles. The van der Waals surface area contributed by atoms with E-state index in [0.29, 0.717) is 27.6 Å². The van der Waals surface area contributed by atoms with E-state index in [-0.39, 0.29) is 34.8 Å². The van der Waals surface area contributed by atoms with Gasteiger partial charge < -0.3 is 14.4 Å². The van der Waals surface area contributed by atoms with Crippen LogP contribution in [0.4, 0.5) is 10.1 Å². The summed E-state index contributed by atoms with van der Waals surface area (Å²) in [6.07, 6.45) is 1.57. The molecule has 10 heteroatoms. The SMILES string of the molecule is COC(=O)CN1C(=S)N(c2ccc(Cl)cc2)C(=O)/C1=C/c1ccc(OCc2ccccc2F)c(Cl)c1. The molecule has 36 heavy (non-hydrogen) atoms. The summed E-state index contributed by atoms with van der Waals surface area (Å²) >= 11 is 17.9. The van der Waals surface area contributed by atoms with Crippen LogP contribution in [0.2, 0.25) is 10.0 Å². The number of halogens is 3. The maximum absolute atomic E-state index is 13.9. The number of rotatable bonds is 7. The molecule has 1 heterocycles. The van der Waals surface area contributed by atoms with E-state index < -0.39 is 11.9 Å². The molecule has 0 N–H and O–H groups in total. The molecule has 0 bridgehead atoms. The predicted molar refractivity (Wildman–Crippen MR) is 140 cm³/mol. The molecule has 1 fully saturated rings. The molecule has 3 aromatic carbocycles. The zero-order chi connectivity index (χ0) is 25.8. The van der Waals surface area contributed by atoms with Gasteiger partial charge in [-0.1, -0.05) is 47.5 Å². The Hall–Kier alpha value is -3.46. The number of ether oxygens (including phenoxy) is 2. The lowest BCUT2D eigenvalue weighted by molar-refractivity contribution is -0.140. The molecule has 0 atom stereocenters. The Kier molecular flexibility index (Phi) is 7.88. The third kappa shape index (κ3) is 5.51. The standard InChI is InChI=1S/C26H19Cl2FN2O4S/c1-34-24(32)14-30-22(25(33)31(26(30)36)19-9-7-18(27)8-10-19)13-16-6-11-23(20(28)12-16)35-15-17-4-2-3-5-21(17)29/h2-13H,14-15H2,1H3/b22-13-. The highest BCUT2D eigenvalue weighted by molar-refractivity contribution is 7.80. The van der Waals surface area contributed by atoms with Crippen LogP contribution < -0.4 is 9.64 Å². The zero-order valence-corrected chi connectivity index (χ0v) is 21.2. The Bertz CT molecular complexity index is 1360. The van der Waals surface area contributed by atoms with E-state index in [0.717, 1.165) is 0 Å². The summed E-state index contributed by atoms with van der Waals surface area (Å²) in [5.74, 6) is -1.02. The molecule has 1 saturated heterocycles. The van der Waals surface area contributed by atoms with Gasteiger partial charge in [-0.2, -0.15) is 0 Å². The fourth-order valence-corrected chi connectivity index (χ4v) is 4.22. The van der Waals surface area contributed by atoms with E-state index in [9.17, 15) is 14.0 Å². The van der Waals surface area contributed by atoms with E-state index in [1.54, 1.807) is 66.7 Å². The number of benzene rings is 3. The summed E-state index contributed by atoms with van der Waals surface area (Å²) in [5, 5.41) is 0.892. The van der Waals surface area contributed by atoms with Crippen molar-refractivity contribution in [1.29, 1.82) is 0 Å². The number of esters is 1. The van der Waals surface area contributed by atoms with Crippen LogP contribution in [0.1, 0.15) is 11.1 Å². The van der Waals surface area contributed by atoms with Crippen LogP contribution in [0.3, 0.4) is 0 Å². The lowest BCUT2D eigenvalue weighted by Crippen LogP contribution is -2.35. The van der Waals surface area contributed by atoms with Gasteiger partial charge in [0.05, 0.1) is 17.8 Å². The minimum absolute atomic E-state index is 0.00252. The number of hydrogen-bond acceptors (Lipinski definition) is 5. The predicted octanol–water partition coefficient (Wildman–Crippen LogP) is 5.86. The van der Waals surface area contributed by atoms with Crippen molar-refractivity contribution in [3.05, 3.63) is 99.4 Å². The van der Waals surface area contributed by atoms with Crippen molar-refractivity contribution < 1.29 is 23.5 Å². The highest BCUT2D eigenvalue weighted by atomic mass is 35.5. The summed E-state index contributed by atoms with van der Waals surface area (Å²) in [6, 6.07) is 17.8. The number of carbonyl (C=O) groups excluding carboxylic acids is 2. The van der Waals surface area contributed by atoms with Crippen LogP contribution >= 0.6 is 35.4 Å². The highest BCUT2D eigenvalue weighted by Crippen LogP contribution is 2.32. The van der Waals surface area contributed by atoms with Crippen LogP contribution in [0.5, 0.6) is 5.75 Å². The third-order valence-corrected chi connectivity index (χ3v) is 6.29. The van der Waals surface area contributed by atoms with Gasteiger partial charge >= 0.3 is 5.97 Å². The summed E-state index contributed by atoms with van der Waals surface area (Å²) in [5.41, 5.74) is 1.63. The third-order valence-electron chi connectivity index (χ3n) is 5.34. The zero-order valence-electron chi connectivity index (χ0n) is 18.9. The Balaban J connectivity index is 1.62.